The molecule has 1 heterocycles. The van der Waals surface area contributed by atoms with Crippen molar-refractivity contribution in [2.45, 2.75) is 13.5 Å². The Balaban J connectivity index is 0.000000490. The molecule has 0 unspecified atom stereocenters. The van der Waals surface area contributed by atoms with Gasteiger partial charge in [0.05, 0.1) is 0 Å². The Labute approximate surface area is 66.8 Å². The van der Waals surface area contributed by atoms with Gasteiger partial charge in [-0.05, 0) is 19.1 Å². The molecular formula is C3H8O2PtSi2. The number of hydrogen-bond donors (Lipinski definition) is 0. The first kappa shape index (κ1) is 8.59. The molecule has 8 heavy (non-hydrogen) atoms. The predicted octanol–water partition coefficient (Wildman–Crippen LogP) is -0.227. The molecule has 0 bridgehead atoms. The van der Waals surface area contributed by atoms with E-state index in [0.717, 1.165) is 0 Å². The Bertz CT molecular complexity index is 97.5. The van der Waals surface area contributed by atoms with E-state index in [0.29, 0.717) is 0 Å². The average molecular weight is 327 g/mol. The second kappa shape index (κ2) is 3.59. The first-order valence-electron chi connectivity index (χ1n) is 2.32. The van der Waals surface area contributed by atoms with Crippen LogP contribution in [0.1, 0.15) is 6.92 Å². The van der Waals surface area contributed by atoms with Crippen LogP contribution in [-0.2, 0) is 29.3 Å². The zero-order valence-electron chi connectivity index (χ0n) is 4.79. The summed E-state index contributed by atoms with van der Waals surface area (Å²) < 4.78 is 10.5. The van der Waals surface area contributed by atoms with E-state index in [1.54, 1.807) is 0 Å². The standard InChI is InChI=1S/C3H8O2Si2.Pt/c1-3-7-4-6(2)5-7;/h3,6H,1-2H3;. The second-order valence-corrected chi connectivity index (χ2v) is 5.65. The molecule has 1 aliphatic rings. The molecule has 0 N–H and O–H groups in total. The smallest absolute Gasteiger partial charge is 0.449 e. The minimum absolute atomic E-state index is 0. The largest absolute Gasteiger partial charge is 0.554 e. The van der Waals surface area contributed by atoms with E-state index in [4.69, 9.17) is 8.23 Å². The number of hydrogen-bond acceptors (Lipinski definition) is 2. The monoisotopic (exact) mass is 327 g/mol. The maximum absolute atomic E-state index is 5.25. The minimum Gasteiger partial charge on any atom is -0.554 e. The summed E-state index contributed by atoms with van der Waals surface area (Å²) in [6.45, 7) is 4.02. The van der Waals surface area contributed by atoms with Crippen LogP contribution in [-0.4, -0.2) is 23.9 Å². The van der Waals surface area contributed by atoms with Gasteiger partial charge in [0.15, 0.2) is 0 Å². The van der Waals surface area contributed by atoms with Gasteiger partial charge < -0.3 is 8.23 Å². The van der Waals surface area contributed by atoms with Crippen molar-refractivity contribution in [1.82, 2.24) is 0 Å². The Morgan fingerprint density at radius 1 is 1.50 bits per heavy atom. The Morgan fingerprint density at radius 3 is 2.12 bits per heavy atom. The van der Waals surface area contributed by atoms with Crippen molar-refractivity contribution < 1.29 is 29.3 Å². The van der Waals surface area contributed by atoms with Crippen LogP contribution in [0.4, 0.5) is 0 Å². The van der Waals surface area contributed by atoms with Crippen LogP contribution in [0, 0.1) is 0 Å². The first-order chi connectivity index (χ1) is 3.33. The Hall–Kier alpha value is 0.592. The molecule has 0 aromatic rings. The zero-order chi connectivity index (χ0) is 5.28. The third-order valence-electron chi connectivity index (χ3n) is 0.800. The van der Waals surface area contributed by atoms with Gasteiger partial charge in [0, 0.05) is 21.1 Å². The fraction of sp³-hybridized carbons (Fsp3) is 0.667. The molecule has 1 fully saturated rings. The van der Waals surface area contributed by atoms with Gasteiger partial charge in [0.25, 0.3) is 0 Å². The molecule has 0 atom stereocenters. The van der Waals surface area contributed by atoms with Crippen LogP contribution in [0.3, 0.4) is 0 Å². The van der Waals surface area contributed by atoms with Crippen LogP contribution >= 0.6 is 0 Å². The molecule has 1 aliphatic heterocycles. The topological polar surface area (TPSA) is 18.5 Å². The van der Waals surface area contributed by atoms with Gasteiger partial charge in [-0.1, -0.05) is 0 Å². The number of rotatable bonds is 0. The molecule has 0 radical (unpaired) electrons. The Morgan fingerprint density at radius 2 is 2.00 bits per heavy atom. The van der Waals surface area contributed by atoms with E-state index in [1.807, 2.05) is 19.1 Å². The maximum Gasteiger partial charge on any atom is 0.449 e. The molecule has 0 aliphatic carbocycles. The van der Waals surface area contributed by atoms with Crippen LogP contribution in [0.15, 0.2) is 0 Å². The molecule has 5 heteroatoms. The second-order valence-electron chi connectivity index (χ2n) is 1.41. The van der Waals surface area contributed by atoms with Crippen molar-refractivity contribution in [2.75, 3.05) is 0 Å². The Kier molecular flexibility index (Phi) is 3.85. The van der Waals surface area contributed by atoms with Gasteiger partial charge in [-0.15, -0.1) is 0 Å². The summed E-state index contributed by atoms with van der Waals surface area (Å²) in [5.41, 5.74) is 2.01. The van der Waals surface area contributed by atoms with Crippen molar-refractivity contribution in [2.24, 2.45) is 0 Å². The molecule has 0 aromatic heterocycles. The molecule has 0 spiro atoms. The van der Waals surface area contributed by atoms with Crippen LogP contribution in [0.25, 0.3) is 0 Å². The van der Waals surface area contributed by atoms with E-state index >= 15 is 0 Å². The van der Waals surface area contributed by atoms with Crippen LogP contribution in [0.5, 0.6) is 0 Å². The molecule has 2 nitrogen and oxygen atoms in total. The quantitative estimate of drug-likeness (QED) is 0.573. The SMILES string of the molecule is CC=[Si]1O[SiH](C)O1.[Pt]. The summed E-state index contributed by atoms with van der Waals surface area (Å²) in [4.78, 5) is 0. The fourth-order valence-corrected chi connectivity index (χ4v) is 4.25. The minimum atomic E-state index is -1.03. The third kappa shape index (κ3) is 1.84. The van der Waals surface area contributed by atoms with Gasteiger partial charge in [0.2, 0.25) is 0 Å². The summed E-state index contributed by atoms with van der Waals surface area (Å²) >= 11 is 0. The summed E-state index contributed by atoms with van der Waals surface area (Å²) in [5.74, 6) is 0. The molecule has 0 aromatic carbocycles. The van der Waals surface area contributed by atoms with E-state index < -0.39 is 18.2 Å². The van der Waals surface area contributed by atoms with Crippen molar-refractivity contribution >= 4 is 23.9 Å². The van der Waals surface area contributed by atoms with E-state index in [-0.39, 0.29) is 21.1 Å². The predicted molar refractivity (Wildman–Crippen MR) is 32.7 cm³/mol. The van der Waals surface area contributed by atoms with Crippen LogP contribution < -0.4 is 0 Å². The van der Waals surface area contributed by atoms with E-state index in [2.05, 4.69) is 0 Å². The molecule has 50 valence electrons. The van der Waals surface area contributed by atoms with Gasteiger partial charge in [-0.3, -0.25) is 0 Å². The van der Waals surface area contributed by atoms with Crippen LogP contribution in [0.2, 0.25) is 6.55 Å². The molecule has 1 saturated heterocycles. The van der Waals surface area contributed by atoms with Gasteiger partial charge >= 0.3 is 18.2 Å². The molecule has 0 amide bonds. The van der Waals surface area contributed by atoms with Gasteiger partial charge in [-0.2, -0.15) is 0 Å². The normalized spacial score (nSPS) is 23.8. The van der Waals surface area contributed by atoms with E-state index in [1.165, 1.54) is 0 Å². The molecular weight excluding hydrogens is 319 g/mol. The average Bonchev–Trinajstić information content (AvgIpc) is 1.58. The van der Waals surface area contributed by atoms with Gasteiger partial charge in [-0.25, -0.2) is 0 Å². The molecule has 1 rings (SSSR count). The summed E-state index contributed by atoms with van der Waals surface area (Å²) in [6, 6.07) is 0. The maximum atomic E-state index is 5.25. The zero-order valence-corrected chi connectivity index (χ0v) is 9.21. The van der Waals surface area contributed by atoms with Crippen molar-refractivity contribution in [3.63, 3.8) is 0 Å². The summed E-state index contributed by atoms with van der Waals surface area (Å²) in [7, 11) is -1.83. The third-order valence-corrected chi connectivity index (χ3v) is 5.79. The van der Waals surface area contributed by atoms with Crippen molar-refractivity contribution in [3.05, 3.63) is 0 Å². The fourth-order valence-electron chi connectivity index (χ4n) is 0.472. The summed E-state index contributed by atoms with van der Waals surface area (Å²) in [5, 5.41) is 0. The van der Waals surface area contributed by atoms with Gasteiger partial charge in [0.1, 0.15) is 0 Å². The van der Waals surface area contributed by atoms with E-state index in [9.17, 15) is 0 Å². The van der Waals surface area contributed by atoms with Crippen molar-refractivity contribution in [3.8, 4) is 0 Å². The summed E-state index contributed by atoms with van der Waals surface area (Å²) in [6.07, 6.45) is 0. The molecule has 0 saturated carbocycles. The first-order valence-corrected chi connectivity index (χ1v) is 5.81. The van der Waals surface area contributed by atoms with Crippen molar-refractivity contribution in [1.29, 1.82) is 0 Å².